The standard InChI is InChI=1S/C25H25N3O3S/c29-25(19-5-2-1-3-6-19)12-15-28(16-13-25)17-18-30-20-8-10-21(11-9-20)31-24-27-23-22(32-24)7-4-14-26-23/h1-11,14,29H,12-13,15-18H2. The molecule has 0 unspecified atom stereocenters. The van der Waals surface area contributed by atoms with E-state index in [0.717, 1.165) is 48.5 Å². The van der Waals surface area contributed by atoms with Gasteiger partial charge in [0.1, 0.15) is 18.1 Å². The molecule has 0 atom stereocenters. The molecule has 0 radical (unpaired) electrons. The maximum absolute atomic E-state index is 11.0. The minimum atomic E-state index is -0.715. The minimum Gasteiger partial charge on any atom is -0.492 e. The Labute approximate surface area is 191 Å². The highest BCUT2D eigenvalue weighted by Gasteiger charge is 2.33. The van der Waals surface area contributed by atoms with Gasteiger partial charge in [0.05, 0.1) is 10.3 Å². The van der Waals surface area contributed by atoms with E-state index in [1.165, 1.54) is 11.3 Å². The van der Waals surface area contributed by atoms with Gasteiger partial charge in [-0.3, -0.25) is 4.90 Å². The van der Waals surface area contributed by atoms with Crippen molar-refractivity contribution in [3.05, 3.63) is 78.5 Å². The van der Waals surface area contributed by atoms with Gasteiger partial charge in [-0.25, -0.2) is 4.98 Å². The lowest BCUT2D eigenvalue weighted by molar-refractivity contribution is -0.0278. The number of pyridine rings is 1. The SMILES string of the molecule is OC1(c2ccccc2)CCN(CCOc2ccc(Oc3nc4ncccc4s3)cc2)CC1. The van der Waals surface area contributed by atoms with Crippen molar-refractivity contribution in [2.75, 3.05) is 26.2 Å². The van der Waals surface area contributed by atoms with E-state index in [2.05, 4.69) is 14.9 Å². The molecule has 7 heteroatoms. The van der Waals surface area contributed by atoms with Gasteiger partial charge >= 0.3 is 0 Å². The molecule has 0 saturated carbocycles. The van der Waals surface area contributed by atoms with Crippen LogP contribution in [0.1, 0.15) is 18.4 Å². The second-order valence-electron chi connectivity index (χ2n) is 7.97. The molecule has 164 valence electrons. The summed E-state index contributed by atoms with van der Waals surface area (Å²) in [6.45, 7) is 3.16. The van der Waals surface area contributed by atoms with E-state index in [4.69, 9.17) is 9.47 Å². The Balaban J connectivity index is 1.08. The first-order chi connectivity index (χ1) is 15.7. The molecule has 2 aromatic carbocycles. The predicted octanol–water partition coefficient (Wildman–Crippen LogP) is 4.85. The van der Waals surface area contributed by atoms with E-state index in [9.17, 15) is 5.11 Å². The van der Waals surface area contributed by atoms with Crippen LogP contribution in [0.5, 0.6) is 16.7 Å². The van der Waals surface area contributed by atoms with Crippen LogP contribution in [-0.4, -0.2) is 46.2 Å². The van der Waals surface area contributed by atoms with Crippen molar-refractivity contribution in [3.8, 4) is 16.7 Å². The molecule has 0 spiro atoms. The number of aromatic nitrogens is 2. The molecule has 1 N–H and O–H groups in total. The van der Waals surface area contributed by atoms with E-state index in [-0.39, 0.29) is 0 Å². The molecular formula is C25H25N3O3S. The van der Waals surface area contributed by atoms with E-state index in [1.807, 2.05) is 66.7 Å². The maximum atomic E-state index is 11.0. The molecule has 6 nitrogen and oxygen atoms in total. The summed E-state index contributed by atoms with van der Waals surface area (Å²) in [6, 6.07) is 21.4. The molecule has 0 bridgehead atoms. The number of piperidine rings is 1. The lowest BCUT2D eigenvalue weighted by atomic mass is 9.84. The molecule has 2 aromatic heterocycles. The first kappa shape index (κ1) is 20.9. The third kappa shape index (κ3) is 4.75. The number of nitrogens with zero attached hydrogens (tertiary/aromatic N) is 3. The van der Waals surface area contributed by atoms with E-state index in [0.29, 0.717) is 23.2 Å². The summed E-state index contributed by atoms with van der Waals surface area (Å²) in [6.07, 6.45) is 3.21. The Morgan fingerprint density at radius 2 is 1.69 bits per heavy atom. The number of benzene rings is 2. The molecule has 1 aliphatic rings. The summed E-state index contributed by atoms with van der Waals surface area (Å²) in [5, 5.41) is 11.5. The molecule has 32 heavy (non-hydrogen) atoms. The van der Waals surface area contributed by atoms with E-state index >= 15 is 0 Å². The van der Waals surface area contributed by atoms with Gasteiger partial charge in [0, 0.05) is 25.8 Å². The van der Waals surface area contributed by atoms with Crippen LogP contribution in [0.4, 0.5) is 0 Å². The molecular weight excluding hydrogens is 422 g/mol. The van der Waals surface area contributed by atoms with Gasteiger partial charge in [-0.15, -0.1) is 0 Å². The Hall–Kier alpha value is -3.00. The smallest absolute Gasteiger partial charge is 0.281 e. The van der Waals surface area contributed by atoms with E-state index < -0.39 is 5.60 Å². The predicted molar refractivity (Wildman–Crippen MR) is 125 cm³/mol. The molecule has 1 fully saturated rings. The number of thiazole rings is 1. The first-order valence-electron chi connectivity index (χ1n) is 10.8. The highest BCUT2D eigenvalue weighted by atomic mass is 32.1. The summed E-state index contributed by atoms with van der Waals surface area (Å²) in [4.78, 5) is 11.0. The second kappa shape index (κ2) is 9.24. The fraction of sp³-hybridized carbons (Fsp3) is 0.280. The molecule has 1 saturated heterocycles. The quantitative estimate of drug-likeness (QED) is 0.437. The zero-order valence-corrected chi connectivity index (χ0v) is 18.5. The highest BCUT2D eigenvalue weighted by molar-refractivity contribution is 7.20. The van der Waals surface area contributed by atoms with Gasteiger partial charge in [-0.1, -0.05) is 41.7 Å². The van der Waals surface area contributed by atoms with Crippen molar-refractivity contribution in [1.82, 2.24) is 14.9 Å². The molecule has 0 aliphatic carbocycles. The molecule has 3 heterocycles. The molecule has 4 aromatic rings. The van der Waals surface area contributed by atoms with Crippen molar-refractivity contribution in [3.63, 3.8) is 0 Å². The Morgan fingerprint density at radius 3 is 2.44 bits per heavy atom. The van der Waals surface area contributed by atoms with Crippen LogP contribution < -0.4 is 9.47 Å². The number of fused-ring (bicyclic) bond motifs is 1. The molecule has 5 rings (SSSR count). The Morgan fingerprint density at radius 1 is 0.938 bits per heavy atom. The van der Waals surface area contributed by atoms with Crippen LogP contribution in [0.25, 0.3) is 10.3 Å². The number of aliphatic hydroxyl groups is 1. The summed E-state index contributed by atoms with van der Waals surface area (Å²) < 4.78 is 12.8. The van der Waals surface area contributed by atoms with Gasteiger partial charge in [0.2, 0.25) is 0 Å². The third-order valence-corrected chi connectivity index (χ3v) is 6.73. The summed E-state index contributed by atoms with van der Waals surface area (Å²) >= 11 is 1.47. The Bertz CT molecular complexity index is 1120. The lowest BCUT2D eigenvalue weighted by Gasteiger charge is -2.38. The highest BCUT2D eigenvalue weighted by Crippen LogP contribution is 2.33. The van der Waals surface area contributed by atoms with Crippen LogP contribution in [0.15, 0.2) is 72.9 Å². The van der Waals surface area contributed by atoms with Crippen molar-refractivity contribution >= 4 is 21.7 Å². The number of ether oxygens (including phenoxy) is 2. The van der Waals surface area contributed by atoms with Crippen molar-refractivity contribution in [1.29, 1.82) is 0 Å². The lowest BCUT2D eigenvalue weighted by Crippen LogP contribution is -2.43. The Kier molecular flexibility index (Phi) is 6.03. The van der Waals surface area contributed by atoms with Crippen LogP contribution >= 0.6 is 11.3 Å². The minimum absolute atomic E-state index is 0.577. The topological polar surface area (TPSA) is 67.7 Å². The average Bonchev–Trinajstić information content (AvgIpc) is 3.24. The summed E-state index contributed by atoms with van der Waals surface area (Å²) in [5.74, 6) is 1.52. The number of hydrogen-bond acceptors (Lipinski definition) is 7. The maximum Gasteiger partial charge on any atom is 0.281 e. The van der Waals surface area contributed by atoms with Crippen molar-refractivity contribution < 1.29 is 14.6 Å². The molecule has 1 aliphatic heterocycles. The zero-order valence-electron chi connectivity index (χ0n) is 17.7. The van der Waals surface area contributed by atoms with Gasteiger partial charge in [0.15, 0.2) is 5.65 Å². The van der Waals surface area contributed by atoms with Crippen LogP contribution in [0, 0.1) is 0 Å². The van der Waals surface area contributed by atoms with Gasteiger partial charge in [-0.05, 0) is 54.8 Å². The fourth-order valence-corrected chi connectivity index (χ4v) is 4.77. The third-order valence-electron chi connectivity index (χ3n) is 5.84. The second-order valence-corrected chi connectivity index (χ2v) is 8.96. The summed E-state index contributed by atoms with van der Waals surface area (Å²) in [5.41, 5.74) is 1.00. The largest absolute Gasteiger partial charge is 0.492 e. The summed E-state index contributed by atoms with van der Waals surface area (Å²) in [7, 11) is 0. The zero-order chi connectivity index (χ0) is 21.8. The fourth-order valence-electron chi connectivity index (χ4n) is 3.97. The average molecular weight is 448 g/mol. The van der Waals surface area contributed by atoms with Gasteiger partial charge in [0.25, 0.3) is 5.19 Å². The monoisotopic (exact) mass is 447 g/mol. The van der Waals surface area contributed by atoms with Crippen LogP contribution in [-0.2, 0) is 5.60 Å². The van der Waals surface area contributed by atoms with Crippen LogP contribution in [0.3, 0.4) is 0 Å². The van der Waals surface area contributed by atoms with Crippen LogP contribution in [0.2, 0.25) is 0 Å². The normalized spacial score (nSPS) is 16.2. The van der Waals surface area contributed by atoms with Gasteiger partial charge < -0.3 is 14.6 Å². The number of likely N-dealkylation sites (tertiary alicyclic amines) is 1. The van der Waals surface area contributed by atoms with Crippen molar-refractivity contribution in [2.24, 2.45) is 0 Å². The van der Waals surface area contributed by atoms with E-state index in [1.54, 1.807) is 6.20 Å². The van der Waals surface area contributed by atoms with Gasteiger partial charge in [-0.2, -0.15) is 4.98 Å². The van der Waals surface area contributed by atoms with Crippen molar-refractivity contribution in [2.45, 2.75) is 18.4 Å². The first-order valence-corrected chi connectivity index (χ1v) is 11.6. The number of rotatable bonds is 7. The number of hydrogen-bond donors (Lipinski definition) is 1. The molecule has 0 amide bonds.